The average Bonchev–Trinajstić information content (AvgIpc) is 2.50. The Hall–Kier alpha value is -1.09. The third kappa shape index (κ3) is 1.07. The van der Waals surface area contributed by atoms with Gasteiger partial charge in [0.25, 0.3) is 0 Å². The normalized spacial score (nSPS) is 10.3. The lowest BCUT2D eigenvalue weighted by molar-refractivity contribution is 1.48. The van der Waals surface area contributed by atoms with Crippen LogP contribution in [0.3, 0.4) is 0 Å². The molecule has 0 saturated heterocycles. The Kier molecular flexibility index (Phi) is 1.51. The van der Waals surface area contributed by atoms with E-state index in [4.69, 9.17) is 0 Å². The molecule has 0 spiro atoms. The maximum atomic E-state index is 4.18. The molecule has 2 rings (SSSR count). The van der Waals surface area contributed by atoms with Gasteiger partial charge in [-0.3, -0.25) is 0 Å². The van der Waals surface area contributed by atoms with Gasteiger partial charge in [0.15, 0.2) is 0 Å². The van der Waals surface area contributed by atoms with Crippen LogP contribution in [0.5, 0.6) is 0 Å². The number of benzene rings is 1. The molecule has 0 amide bonds. The third-order valence-corrected chi connectivity index (χ3v) is 2.41. The van der Waals surface area contributed by atoms with E-state index in [0.717, 1.165) is 11.2 Å². The Morgan fingerprint density at radius 3 is 3.18 bits per heavy atom. The fourth-order valence-corrected chi connectivity index (χ4v) is 1.73. The van der Waals surface area contributed by atoms with Crippen molar-refractivity contribution in [2.75, 3.05) is 12.4 Å². The predicted molar refractivity (Wildman–Crippen MR) is 49.2 cm³/mol. The summed E-state index contributed by atoms with van der Waals surface area (Å²) in [6.45, 7) is 0. The topological polar surface area (TPSA) is 24.9 Å². The Morgan fingerprint density at radius 2 is 2.36 bits per heavy atom. The van der Waals surface area contributed by atoms with Crippen LogP contribution < -0.4 is 5.32 Å². The van der Waals surface area contributed by atoms with Gasteiger partial charge in [0, 0.05) is 12.7 Å². The first-order valence-electron chi connectivity index (χ1n) is 3.41. The summed E-state index contributed by atoms with van der Waals surface area (Å²) in [5.41, 5.74) is 4.08. The fourth-order valence-electron chi connectivity index (χ4n) is 1.01. The van der Waals surface area contributed by atoms with Crippen LogP contribution in [0.4, 0.5) is 5.69 Å². The number of anilines is 1. The summed E-state index contributed by atoms with van der Waals surface area (Å²) < 4.78 is 1.23. The third-order valence-electron chi connectivity index (χ3n) is 1.62. The van der Waals surface area contributed by atoms with Crippen LogP contribution in [0.15, 0.2) is 23.7 Å². The molecule has 56 valence electrons. The van der Waals surface area contributed by atoms with Crippen molar-refractivity contribution in [1.82, 2.24) is 4.98 Å². The van der Waals surface area contributed by atoms with E-state index in [0.29, 0.717) is 0 Å². The second-order valence-corrected chi connectivity index (χ2v) is 3.17. The number of rotatable bonds is 1. The van der Waals surface area contributed by atoms with Gasteiger partial charge < -0.3 is 5.32 Å². The molecule has 0 saturated carbocycles. The average molecular weight is 164 g/mol. The maximum Gasteiger partial charge on any atom is 0.0813 e. The molecule has 0 unspecified atom stereocenters. The van der Waals surface area contributed by atoms with Crippen molar-refractivity contribution in [2.45, 2.75) is 0 Å². The van der Waals surface area contributed by atoms with E-state index < -0.39 is 0 Å². The molecule has 0 radical (unpaired) electrons. The highest BCUT2D eigenvalue weighted by atomic mass is 32.1. The fraction of sp³-hybridized carbons (Fsp3) is 0.125. The summed E-state index contributed by atoms with van der Waals surface area (Å²) in [5, 5.41) is 3.09. The zero-order valence-corrected chi connectivity index (χ0v) is 6.98. The smallest absolute Gasteiger partial charge is 0.0813 e. The number of hydrogen-bond donors (Lipinski definition) is 1. The van der Waals surface area contributed by atoms with Crippen LogP contribution >= 0.6 is 11.3 Å². The van der Waals surface area contributed by atoms with Gasteiger partial charge >= 0.3 is 0 Å². The van der Waals surface area contributed by atoms with E-state index in [2.05, 4.69) is 16.4 Å². The summed E-state index contributed by atoms with van der Waals surface area (Å²) >= 11 is 1.67. The van der Waals surface area contributed by atoms with Crippen LogP contribution in [-0.2, 0) is 0 Å². The largest absolute Gasteiger partial charge is 0.388 e. The van der Waals surface area contributed by atoms with Gasteiger partial charge in [-0.1, -0.05) is 0 Å². The molecule has 1 N–H and O–H groups in total. The van der Waals surface area contributed by atoms with E-state index >= 15 is 0 Å². The molecule has 1 aromatic carbocycles. The van der Waals surface area contributed by atoms with Crippen LogP contribution in [0.25, 0.3) is 10.2 Å². The molecule has 0 aliphatic carbocycles. The first-order chi connectivity index (χ1) is 5.40. The summed E-state index contributed by atoms with van der Waals surface area (Å²) in [6, 6.07) is 6.16. The lowest BCUT2D eigenvalue weighted by Crippen LogP contribution is -1.85. The van der Waals surface area contributed by atoms with Crippen molar-refractivity contribution in [3.05, 3.63) is 23.7 Å². The molecular weight excluding hydrogens is 156 g/mol. The van der Waals surface area contributed by atoms with E-state index in [1.165, 1.54) is 4.70 Å². The van der Waals surface area contributed by atoms with E-state index in [1.54, 1.807) is 11.3 Å². The molecule has 0 aliphatic heterocycles. The Morgan fingerprint density at radius 1 is 1.45 bits per heavy atom. The summed E-state index contributed by atoms with van der Waals surface area (Å²) in [5.74, 6) is 0. The number of nitrogens with zero attached hydrogens (tertiary/aromatic N) is 1. The Balaban J connectivity index is 2.67. The van der Waals surface area contributed by atoms with E-state index in [-0.39, 0.29) is 0 Å². The molecule has 11 heavy (non-hydrogen) atoms. The van der Waals surface area contributed by atoms with Crippen LogP contribution in [0.1, 0.15) is 0 Å². The molecule has 2 nitrogen and oxygen atoms in total. The minimum Gasteiger partial charge on any atom is -0.388 e. The minimum atomic E-state index is 1.08. The van der Waals surface area contributed by atoms with Crippen molar-refractivity contribution < 1.29 is 0 Å². The predicted octanol–water partition coefficient (Wildman–Crippen LogP) is 2.34. The van der Waals surface area contributed by atoms with Gasteiger partial charge in [-0.15, -0.1) is 11.3 Å². The summed E-state index contributed by atoms with van der Waals surface area (Å²) in [6.07, 6.45) is 0. The van der Waals surface area contributed by atoms with Crippen LogP contribution in [0.2, 0.25) is 0 Å². The van der Waals surface area contributed by atoms with Crippen LogP contribution in [-0.4, -0.2) is 12.0 Å². The first-order valence-corrected chi connectivity index (χ1v) is 4.29. The Labute approximate surface area is 68.9 Å². The first kappa shape index (κ1) is 6.61. The molecule has 3 heteroatoms. The summed E-state index contributed by atoms with van der Waals surface area (Å²) in [7, 11) is 1.92. The highest BCUT2D eigenvalue weighted by Gasteiger charge is 1.95. The minimum absolute atomic E-state index is 1.08. The van der Waals surface area contributed by atoms with Gasteiger partial charge in [-0.2, -0.15) is 0 Å². The van der Waals surface area contributed by atoms with E-state index in [9.17, 15) is 0 Å². The van der Waals surface area contributed by atoms with Gasteiger partial charge in [-0.05, 0) is 18.2 Å². The maximum absolute atomic E-state index is 4.18. The van der Waals surface area contributed by atoms with Gasteiger partial charge in [0.1, 0.15) is 0 Å². The molecule has 0 atom stereocenters. The van der Waals surface area contributed by atoms with Crippen molar-refractivity contribution in [2.24, 2.45) is 0 Å². The highest BCUT2D eigenvalue weighted by molar-refractivity contribution is 7.16. The number of aromatic nitrogens is 1. The van der Waals surface area contributed by atoms with Gasteiger partial charge in [0.05, 0.1) is 15.7 Å². The molecule has 0 bridgehead atoms. The SMILES string of the molecule is CNc1ccc2ncsc2c1. The van der Waals surface area contributed by atoms with Crippen molar-refractivity contribution in [3.8, 4) is 0 Å². The molecule has 1 aromatic heterocycles. The molecular formula is C8H8N2S. The highest BCUT2D eigenvalue weighted by Crippen LogP contribution is 2.21. The quantitative estimate of drug-likeness (QED) is 0.699. The van der Waals surface area contributed by atoms with Crippen molar-refractivity contribution >= 4 is 27.2 Å². The van der Waals surface area contributed by atoms with E-state index in [1.807, 2.05) is 24.7 Å². The zero-order valence-electron chi connectivity index (χ0n) is 6.16. The number of thiazole rings is 1. The number of fused-ring (bicyclic) bond motifs is 1. The summed E-state index contributed by atoms with van der Waals surface area (Å²) in [4.78, 5) is 4.18. The molecule has 0 fully saturated rings. The second kappa shape index (κ2) is 2.51. The number of nitrogens with one attached hydrogen (secondary N) is 1. The van der Waals surface area contributed by atoms with Crippen molar-refractivity contribution in [3.63, 3.8) is 0 Å². The van der Waals surface area contributed by atoms with Crippen molar-refractivity contribution in [1.29, 1.82) is 0 Å². The van der Waals surface area contributed by atoms with Crippen LogP contribution in [0, 0.1) is 0 Å². The van der Waals surface area contributed by atoms with Gasteiger partial charge in [-0.25, -0.2) is 4.98 Å². The monoisotopic (exact) mass is 164 g/mol. The zero-order chi connectivity index (χ0) is 7.68. The molecule has 2 aromatic rings. The lowest BCUT2D eigenvalue weighted by Gasteiger charge is -1.96. The molecule has 1 heterocycles. The van der Waals surface area contributed by atoms with Gasteiger partial charge in [0.2, 0.25) is 0 Å². The lowest BCUT2D eigenvalue weighted by atomic mass is 10.3. The Bertz CT molecular complexity index is 367. The number of hydrogen-bond acceptors (Lipinski definition) is 3. The second-order valence-electron chi connectivity index (χ2n) is 2.28. The standard InChI is InChI=1S/C8H8N2S/c1-9-6-2-3-7-8(4-6)11-5-10-7/h2-5,9H,1H3. The molecule has 0 aliphatic rings.